The number of hydrogen-bond acceptors (Lipinski definition) is 4. The van der Waals surface area contributed by atoms with E-state index in [9.17, 15) is 14.7 Å². The van der Waals surface area contributed by atoms with Crippen LogP contribution in [0.25, 0.3) is 5.76 Å². The fraction of sp³-hybridized carbons (Fsp3) is 0.0588. The van der Waals surface area contributed by atoms with Crippen LogP contribution in [-0.4, -0.2) is 16.9 Å². The highest BCUT2D eigenvalue weighted by atomic mass is 79.9. The Morgan fingerprint density at radius 1 is 1.04 bits per heavy atom. The first-order valence-electron chi connectivity index (χ1n) is 6.67. The summed E-state index contributed by atoms with van der Waals surface area (Å²) in [4.78, 5) is 23.8. The van der Waals surface area contributed by atoms with Gasteiger partial charge in [-0.2, -0.15) is 0 Å². The highest BCUT2D eigenvalue weighted by Gasteiger charge is 2.42. The first-order valence-corrected chi connectivity index (χ1v) is 7.84. The van der Waals surface area contributed by atoms with Gasteiger partial charge in [0.15, 0.2) is 6.10 Å². The summed E-state index contributed by atoms with van der Waals surface area (Å²) in [6.45, 7) is 0. The number of ketones is 1. The van der Waals surface area contributed by atoms with E-state index < -0.39 is 17.9 Å². The van der Waals surface area contributed by atoms with Crippen LogP contribution in [0.1, 0.15) is 17.2 Å². The zero-order valence-electron chi connectivity index (χ0n) is 11.6. The number of esters is 1. The molecule has 0 bridgehead atoms. The van der Waals surface area contributed by atoms with Gasteiger partial charge in [-0.15, -0.1) is 0 Å². The molecule has 6 heteroatoms. The number of halogens is 2. The third-order valence-electron chi connectivity index (χ3n) is 3.46. The van der Waals surface area contributed by atoms with Gasteiger partial charge < -0.3 is 9.84 Å². The summed E-state index contributed by atoms with van der Waals surface area (Å²) in [7, 11) is 0. The summed E-state index contributed by atoms with van der Waals surface area (Å²) in [6, 6.07) is 13.3. The zero-order chi connectivity index (χ0) is 16.6. The van der Waals surface area contributed by atoms with Crippen LogP contribution in [0.3, 0.4) is 0 Å². The zero-order valence-corrected chi connectivity index (χ0v) is 14.0. The summed E-state index contributed by atoms with van der Waals surface area (Å²) < 4.78 is 5.98. The van der Waals surface area contributed by atoms with Gasteiger partial charge in [0.05, 0.1) is 5.57 Å². The molecule has 0 spiro atoms. The molecule has 1 N–H and O–H groups in total. The molecule has 3 rings (SSSR count). The van der Waals surface area contributed by atoms with Gasteiger partial charge >= 0.3 is 5.97 Å². The van der Waals surface area contributed by atoms with Gasteiger partial charge in [-0.1, -0.05) is 39.7 Å². The number of carbonyl (C=O) groups excluding carboxylic acids is 2. The Kier molecular flexibility index (Phi) is 4.24. The number of rotatable bonds is 2. The maximum atomic E-state index is 12.1. The van der Waals surface area contributed by atoms with Gasteiger partial charge in [-0.25, -0.2) is 4.79 Å². The smallest absolute Gasteiger partial charge is 0.380 e. The number of hydrogen-bond donors (Lipinski definition) is 1. The second kappa shape index (κ2) is 6.18. The summed E-state index contributed by atoms with van der Waals surface area (Å²) in [6.07, 6.45) is -0.932. The Hall–Kier alpha value is -2.11. The molecule has 1 heterocycles. The molecule has 2 aromatic rings. The minimum Gasteiger partial charge on any atom is -0.507 e. The molecular formula is C17H10BrClO4. The lowest BCUT2D eigenvalue weighted by molar-refractivity contribution is -0.149. The second-order valence-electron chi connectivity index (χ2n) is 4.94. The molecule has 1 aliphatic rings. The molecule has 1 atom stereocenters. The second-order valence-corrected chi connectivity index (χ2v) is 6.29. The highest BCUT2D eigenvalue weighted by Crippen LogP contribution is 2.37. The maximum absolute atomic E-state index is 12.1. The lowest BCUT2D eigenvalue weighted by Gasteiger charge is -2.12. The van der Waals surface area contributed by atoms with E-state index in [4.69, 9.17) is 16.3 Å². The van der Waals surface area contributed by atoms with E-state index in [0.29, 0.717) is 16.1 Å². The summed E-state index contributed by atoms with van der Waals surface area (Å²) in [5, 5.41) is 11.0. The number of aliphatic hydroxyl groups is 1. The van der Waals surface area contributed by atoms with Crippen molar-refractivity contribution in [3.8, 4) is 0 Å². The van der Waals surface area contributed by atoms with Crippen molar-refractivity contribution >= 4 is 45.0 Å². The van der Waals surface area contributed by atoms with Crippen molar-refractivity contribution in [2.45, 2.75) is 6.10 Å². The van der Waals surface area contributed by atoms with Gasteiger partial charge in [-0.05, 0) is 42.0 Å². The third-order valence-corrected chi connectivity index (χ3v) is 4.24. The van der Waals surface area contributed by atoms with Crippen LogP contribution >= 0.6 is 27.5 Å². The quantitative estimate of drug-likeness (QED) is 0.359. The van der Waals surface area contributed by atoms with Crippen LogP contribution in [0.15, 0.2) is 58.6 Å². The first-order chi connectivity index (χ1) is 11.0. The molecule has 0 saturated carbocycles. The van der Waals surface area contributed by atoms with E-state index in [-0.39, 0.29) is 11.3 Å². The SMILES string of the molecule is O=C1OC(c2ccc(Br)cc2)/C(=C(/O)c2ccc(Cl)cc2)C1=O. The molecule has 116 valence electrons. The molecule has 0 aliphatic carbocycles. The lowest BCUT2D eigenvalue weighted by Crippen LogP contribution is -2.08. The Balaban J connectivity index is 2.10. The largest absolute Gasteiger partial charge is 0.507 e. The number of carbonyl (C=O) groups is 2. The van der Waals surface area contributed by atoms with Crippen LogP contribution < -0.4 is 0 Å². The van der Waals surface area contributed by atoms with Crippen molar-refractivity contribution in [2.24, 2.45) is 0 Å². The van der Waals surface area contributed by atoms with Crippen molar-refractivity contribution < 1.29 is 19.4 Å². The molecule has 1 fully saturated rings. The van der Waals surface area contributed by atoms with E-state index in [0.717, 1.165) is 4.47 Å². The fourth-order valence-electron chi connectivity index (χ4n) is 2.32. The fourth-order valence-corrected chi connectivity index (χ4v) is 2.71. The van der Waals surface area contributed by atoms with E-state index in [1.54, 1.807) is 48.5 Å². The van der Waals surface area contributed by atoms with Crippen LogP contribution in [0.2, 0.25) is 5.02 Å². The van der Waals surface area contributed by atoms with Gasteiger partial charge in [0.25, 0.3) is 5.78 Å². The van der Waals surface area contributed by atoms with Crippen molar-refractivity contribution in [2.75, 3.05) is 0 Å². The Morgan fingerprint density at radius 2 is 1.65 bits per heavy atom. The van der Waals surface area contributed by atoms with E-state index in [2.05, 4.69) is 15.9 Å². The number of cyclic esters (lactones) is 1. The summed E-state index contributed by atoms with van der Waals surface area (Å²) >= 11 is 9.14. The normalized spacial score (nSPS) is 19.7. The van der Waals surface area contributed by atoms with Crippen LogP contribution in [0.4, 0.5) is 0 Å². The summed E-state index contributed by atoms with van der Waals surface area (Å²) in [5.41, 5.74) is 0.917. The monoisotopic (exact) mass is 392 g/mol. The number of benzene rings is 2. The average Bonchev–Trinajstić information content (AvgIpc) is 2.84. The minimum atomic E-state index is -0.978. The molecule has 23 heavy (non-hydrogen) atoms. The first kappa shape index (κ1) is 15.8. The van der Waals surface area contributed by atoms with E-state index >= 15 is 0 Å². The predicted octanol–water partition coefficient (Wildman–Crippen LogP) is 4.24. The minimum absolute atomic E-state index is 0.0698. The van der Waals surface area contributed by atoms with E-state index in [1.165, 1.54) is 0 Å². The standard InChI is InChI=1S/C17H10BrClO4/c18-11-5-1-10(2-6-11)16-13(15(21)17(22)23-16)14(20)9-3-7-12(19)8-4-9/h1-8,16,20H/b14-13+. The van der Waals surface area contributed by atoms with Crippen molar-refractivity contribution in [1.82, 2.24) is 0 Å². The van der Waals surface area contributed by atoms with Gasteiger partial charge in [-0.3, -0.25) is 4.79 Å². The highest BCUT2D eigenvalue weighted by molar-refractivity contribution is 9.10. The Bertz CT molecular complexity index is 809. The molecule has 0 aromatic heterocycles. The van der Waals surface area contributed by atoms with Crippen molar-refractivity contribution in [1.29, 1.82) is 0 Å². The molecule has 4 nitrogen and oxygen atoms in total. The van der Waals surface area contributed by atoms with Crippen LogP contribution in [0, 0.1) is 0 Å². The van der Waals surface area contributed by atoms with Gasteiger partial charge in [0, 0.05) is 15.1 Å². The third kappa shape index (κ3) is 3.02. The van der Waals surface area contributed by atoms with Crippen molar-refractivity contribution in [3.05, 3.63) is 74.7 Å². The molecular weight excluding hydrogens is 384 g/mol. The molecule has 0 amide bonds. The summed E-state index contributed by atoms with van der Waals surface area (Å²) in [5.74, 6) is -2.11. The van der Waals surface area contributed by atoms with Gasteiger partial charge in [0.2, 0.25) is 0 Å². The molecule has 1 unspecified atom stereocenters. The molecule has 0 radical (unpaired) electrons. The van der Waals surface area contributed by atoms with Gasteiger partial charge in [0.1, 0.15) is 5.76 Å². The average molecular weight is 394 g/mol. The Labute approximate surface area is 145 Å². The number of ether oxygens (including phenoxy) is 1. The van der Waals surface area contributed by atoms with Crippen LogP contribution in [-0.2, 0) is 14.3 Å². The lowest BCUT2D eigenvalue weighted by atomic mass is 9.97. The topological polar surface area (TPSA) is 63.6 Å². The van der Waals surface area contributed by atoms with E-state index in [1.807, 2.05) is 0 Å². The maximum Gasteiger partial charge on any atom is 0.380 e. The van der Waals surface area contributed by atoms with Crippen molar-refractivity contribution in [3.63, 3.8) is 0 Å². The molecule has 1 saturated heterocycles. The number of aliphatic hydroxyl groups excluding tert-OH is 1. The number of Topliss-reactive ketones (excluding diaryl/α,β-unsaturated/α-hetero) is 1. The molecule has 1 aliphatic heterocycles. The predicted molar refractivity (Wildman–Crippen MR) is 89.0 cm³/mol. The van der Waals surface area contributed by atoms with Crippen LogP contribution in [0.5, 0.6) is 0 Å². The Morgan fingerprint density at radius 3 is 2.26 bits per heavy atom. The molecule has 2 aromatic carbocycles.